The average Bonchev–Trinajstić information content (AvgIpc) is 2.76. The smallest absolute Gasteiger partial charge is 0.257 e. The topological polar surface area (TPSA) is 61.4 Å². The molecule has 0 aliphatic heterocycles. The molecular weight excluding hydrogens is 332 g/mol. The molecule has 2 rings (SSSR count). The molecule has 0 radical (unpaired) electrons. The van der Waals surface area contributed by atoms with E-state index in [9.17, 15) is 9.90 Å². The molecule has 2 aliphatic carbocycles. The Morgan fingerprint density at radius 3 is 2.76 bits per heavy atom. The summed E-state index contributed by atoms with van der Waals surface area (Å²) in [5.41, 5.74) is 4.42. The number of thiocarbonyl (C=S) groups is 1. The Kier molecular flexibility index (Phi) is 6.18. The van der Waals surface area contributed by atoms with E-state index in [2.05, 4.69) is 43.2 Å². The zero-order valence-corrected chi connectivity index (χ0v) is 15.6. The van der Waals surface area contributed by atoms with Gasteiger partial charge in [0.15, 0.2) is 10.9 Å². The summed E-state index contributed by atoms with van der Waals surface area (Å²) in [6.07, 6.45) is 13.6. The first-order valence-electron chi connectivity index (χ1n) is 8.26. The van der Waals surface area contributed by atoms with Gasteiger partial charge in [-0.1, -0.05) is 50.8 Å². The van der Waals surface area contributed by atoms with Crippen LogP contribution in [0.25, 0.3) is 0 Å². The van der Waals surface area contributed by atoms with Gasteiger partial charge in [-0.2, -0.15) is 0 Å². The number of hydrogen-bond acceptors (Lipinski definition) is 3. The molecule has 0 saturated heterocycles. The third-order valence-electron chi connectivity index (χ3n) is 4.14. The van der Waals surface area contributed by atoms with E-state index >= 15 is 0 Å². The van der Waals surface area contributed by atoms with Crippen molar-refractivity contribution in [2.45, 2.75) is 27.2 Å². The Bertz CT molecular complexity index is 742. The molecule has 0 aromatic rings. The highest BCUT2D eigenvalue weighted by Gasteiger charge is 2.24. The summed E-state index contributed by atoms with van der Waals surface area (Å²) in [6, 6.07) is 0. The fourth-order valence-corrected chi connectivity index (χ4v) is 2.64. The quantitative estimate of drug-likeness (QED) is 0.534. The van der Waals surface area contributed by atoms with Gasteiger partial charge in [-0.25, -0.2) is 0 Å². The summed E-state index contributed by atoms with van der Waals surface area (Å²) in [4.78, 5) is 12.3. The number of amides is 1. The molecule has 3 N–H and O–H groups in total. The van der Waals surface area contributed by atoms with E-state index in [0.717, 1.165) is 12.0 Å². The summed E-state index contributed by atoms with van der Waals surface area (Å²) >= 11 is 5.18. The van der Waals surface area contributed by atoms with E-state index in [1.807, 2.05) is 18.2 Å². The standard InChI is InChI=1S/C20H24N2O2S/c1-20(2,3)16-10-8-15(9-11-16)18(24)22-19(25)21-13-14-5-4-6-17(23)12-7-14/h4-5,7-10,12,16,23H,11,13H2,1-3H3,(H2,21,22,24,25). The van der Waals surface area contributed by atoms with Crippen molar-refractivity contribution in [3.63, 3.8) is 0 Å². The van der Waals surface area contributed by atoms with Crippen LogP contribution in [-0.2, 0) is 4.79 Å². The van der Waals surface area contributed by atoms with Gasteiger partial charge in [0.1, 0.15) is 0 Å². The molecule has 4 nitrogen and oxygen atoms in total. The number of carbonyl (C=O) groups excluding carboxylic acids is 1. The Labute approximate surface area is 154 Å². The predicted octanol–water partition coefficient (Wildman–Crippen LogP) is 3.62. The second kappa shape index (κ2) is 8.15. The minimum Gasteiger partial charge on any atom is -0.501 e. The predicted molar refractivity (Wildman–Crippen MR) is 105 cm³/mol. The van der Waals surface area contributed by atoms with E-state index in [-0.39, 0.29) is 22.2 Å². The maximum atomic E-state index is 12.3. The highest BCUT2D eigenvalue weighted by Crippen LogP contribution is 2.33. The lowest BCUT2D eigenvalue weighted by Gasteiger charge is -2.29. The van der Waals surface area contributed by atoms with Crippen molar-refractivity contribution in [3.8, 4) is 0 Å². The van der Waals surface area contributed by atoms with Crippen LogP contribution in [0.2, 0.25) is 0 Å². The molecule has 132 valence electrons. The van der Waals surface area contributed by atoms with Crippen LogP contribution in [0.5, 0.6) is 0 Å². The zero-order valence-electron chi connectivity index (χ0n) is 14.8. The minimum absolute atomic E-state index is 0.0757. The molecule has 0 heterocycles. The fourth-order valence-electron chi connectivity index (χ4n) is 2.47. The zero-order chi connectivity index (χ0) is 18.4. The van der Waals surface area contributed by atoms with Gasteiger partial charge in [0.05, 0.1) is 0 Å². The van der Waals surface area contributed by atoms with E-state index in [1.165, 1.54) is 0 Å². The van der Waals surface area contributed by atoms with Crippen molar-refractivity contribution in [2.75, 3.05) is 6.54 Å². The van der Waals surface area contributed by atoms with Crippen molar-refractivity contribution in [2.24, 2.45) is 11.3 Å². The summed E-state index contributed by atoms with van der Waals surface area (Å²) in [6.45, 7) is 7.03. The van der Waals surface area contributed by atoms with Crippen LogP contribution in [0.15, 0.2) is 65.2 Å². The van der Waals surface area contributed by atoms with Crippen LogP contribution >= 0.6 is 12.2 Å². The maximum Gasteiger partial charge on any atom is 0.257 e. The van der Waals surface area contributed by atoms with Crippen LogP contribution in [0.3, 0.4) is 0 Å². The molecule has 0 saturated carbocycles. The molecule has 0 bridgehead atoms. The average molecular weight is 356 g/mol. The third-order valence-corrected chi connectivity index (χ3v) is 4.38. The van der Waals surface area contributed by atoms with Crippen molar-refractivity contribution >= 4 is 23.2 Å². The van der Waals surface area contributed by atoms with Crippen LogP contribution < -0.4 is 10.6 Å². The second-order valence-corrected chi connectivity index (χ2v) is 7.54. The van der Waals surface area contributed by atoms with Gasteiger partial charge in [-0.05, 0) is 53.8 Å². The lowest BCUT2D eigenvalue weighted by atomic mass is 9.76. The van der Waals surface area contributed by atoms with Crippen molar-refractivity contribution < 1.29 is 9.90 Å². The van der Waals surface area contributed by atoms with Gasteiger partial charge < -0.3 is 10.4 Å². The van der Waals surface area contributed by atoms with Gasteiger partial charge >= 0.3 is 0 Å². The van der Waals surface area contributed by atoms with Gasteiger partial charge in [0.2, 0.25) is 0 Å². The Morgan fingerprint density at radius 1 is 1.36 bits per heavy atom. The summed E-state index contributed by atoms with van der Waals surface area (Å²) in [5.74, 6) is 0.304. The monoisotopic (exact) mass is 356 g/mol. The van der Waals surface area contributed by atoms with Crippen LogP contribution in [0.4, 0.5) is 0 Å². The van der Waals surface area contributed by atoms with Crippen LogP contribution in [0, 0.1) is 11.3 Å². The SMILES string of the molecule is CC(C)(C)C1C=CC(C(=O)NC(=S)NCC2=CC=C=C(O)C=C2)=CC1. The number of aliphatic hydroxyl groups is 1. The van der Waals surface area contributed by atoms with Crippen molar-refractivity contribution in [1.82, 2.24) is 10.6 Å². The van der Waals surface area contributed by atoms with Gasteiger partial charge in [0, 0.05) is 12.1 Å². The van der Waals surface area contributed by atoms with Gasteiger partial charge in [-0.3, -0.25) is 10.1 Å². The van der Waals surface area contributed by atoms with Crippen LogP contribution in [0.1, 0.15) is 27.2 Å². The summed E-state index contributed by atoms with van der Waals surface area (Å²) < 4.78 is 0. The molecule has 1 unspecified atom stereocenters. The highest BCUT2D eigenvalue weighted by molar-refractivity contribution is 7.80. The Balaban J connectivity index is 1.82. The number of allylic oxidation sites excluding steroid dienone is 4. The van der Waals surface area contributed by atoms with E-state index in [4.69, 9.17) is 12.2 Å². The van der Waals surface area contributed by atoms with E-state index < -0.39 is 0 Å². The molecule has 5 heteroatoms. The Morgan fingerprint density at radius 2 is 2.12 bits per heavy atom. The number of nitrogens with one attached hydrogen (secondary N) is 2. The molecule has 1 amide bonds. The largest absolute Gasteiger partial charge is 0.501 e. The van der Waals surface area contributed by atoms with Crippen molar-refractivity contribution in [3.05, 3.63) is 65.2 Å². The minimum atomic E-state index is -0.203. The van der Waals surface area contributed by atoms with Gasteiger partial charge in [0.25, 0.3) is 5.91 Å². The fraction of sp³-hybridized carbons (Fsp3) is 0.350. The van der Waals surface area contributed by atoms with E-state index in [0.29, 0.717) is 18.0 Å². The lowest BCUT2D eigenvalue weighted by Crippen LogP contribution is -2.40. The molecule has 0 aromatic heterocycles. The number of carbonyl (C=O) groups is 1. The Hall–Kier alpha value is -2.36. The van der Waals surface area contributed by atoms with Crippen LogP contribution in [-0.4, -0.2) is 22.7 Å². The first-order chi connectivity index (χ1) is 11.8. The maximum absolute atomic E-state index is 12.3. The third kappa shape index (κ3) is 5.89. The molecule has 2 aliphatic rings. The van der Waals surface area contributed by atoms with E-state index in [1.54, 1.807) is 18.2 Å². The number of hydrogen-bond donors (Lipinski definition) is 3. The molecule has 0 fully saturated rings. The molecule has 25 heavy (non-hydrogen) atoms. The summed E-state index contributed by atoms with van der Waals surface area (Å²) in [7, 11) is 0. The van der Waals surface area contributed by atoms with Gasteiger partial charge in [-0.15, -0.1) is 0 Å². The van der Waals surface area contributed by atoms with Crippen molar-refractivity contribution in [1.29, 1.82) is 0 Å². The molecule has 0 spiro atoms. The molecular formula is C20H24N2O2S. The summed E-state index contributed by atoms with van der Waals surface area (Å²) in [5, 5.41) is 15.3. The first-order valence-corrected chi connectivity index (χ1v) is 8.67. The lowest BCUT2D eigenvalue weighted by molar-refractivity contribution is -0.115. The first kappa shape index (κ1) is 19.0. The highest BCUT2D eigenvalue weighted by atomic mass is 32.1. The number of aliphatic hydroxyl groups excluding tert-OH is 1. The number of rotatable bonds is 3. The molecule has 1 atom stereocenters. The second-order valence-electron chi connectivity index (χ2n) is 7.13. The molecule has 0 aromatic carbocycles. The normalized spacial score (nSPS) is 19.5.